The van der Waals surface area contributed by atoms with Crippen molar-refractivity contribution in [3.8, 4) is 0 Å². The molecular formula is C26H27N3O3. The Kier molecular flexibility index (Phi) is 6.50. The summed E-state index contributed by atoms with van der Waals surface area (Å²) >= 11 is 0. The molecule has 2 aromatic carbocycles. The van der Waals surface area contributed by atoms with Gasteiger partial charge in [0.25, 0.3) is 11.5 Å². The van der Waals surface area contributed by atoms with Crippen LogP contribution in [0.2, 0.25) is 0 Å². The van der Waals surface area contributed by atoms with E-state index in [0.29, 0.717) is 25.1 Å². The van der Waals surface area contributed by atoms with Gasteiger partial charge in [-0.3, -0.25) is 14.4 Å². The number of pyridine rings is 1. The average Bonchev–Trinajstić information content (AvgIpc) is 3.24. The van der Waals surface area contributed by atoms with E-state index in [-0.39, 0.29) is 22.9 Å². The number of carbonyl (C=O) groups excluding carboxylic acids is 2. The summed E-state index contributed by atoms with van der Waals surface area (Å²) in [6.45, 7) is 3.35. The molecule has 6 nitrogen and oxygen atoms in total. The molecule has 32 heavy (non-hydrogen) atoms. The van der Waals surface area contributed by atoms with Crippen LogP contribution in [-0.2, 0) is 24.3 Å². The fraction of sp³-hybridized carbons (Fsp3) is 0.269. The van der Waals surface area contributed by atoms with Gasteiger partial charge in [-0.15, -0.1) is 0 Å². The van der Waals surface area contributed by atoms with Crippen LogP contribution in [-0.4, -0.2) is 22.9 Å². The number of carbonyl (C=O) groups is 2. The standard InChI is InChI=1S/C26H27N3O3/c1-19-13-16-28(17-14-20-6-3-2-4-7-20)26(32)24(19)25(31)27-18-21-9-11-22(12-10-21)29-15-5-8-23(29)30/h2-4,6-7,9-13,16H,5,8,14-15,17-18H2,1H3,(H,27,31). The van der Waals surface area contributed by atoms with E-state index in [1.807, 2.05) is 60.7 Å². The summed E-state index contributed by atoms with van der Waals surface area (Å²) in [4.78, 5) is 39.5. The minimum atomic E-state index is -0.375. The lowest BCUT2D eigenvalue weighted by atomic mass is 10.1. The third-order valence-corrected chi connectivity index (χ3v) is 5.86. The summed E-state index contributed by atoms with van der Waals surface area (Å²) in [7, 11) is 0. The van der Waals surface area contributed by atoms with Gasteiger partial charge in [0, 0.05) is 37.9 Å². The SMILES string of the molecule is Cc1ccn(CCc2ccccc2)c(=O)c1C(=O)NCc1ccc(N2CCCC2=O)cc1. The highest BCUT2D eigenvalue weighted by Gasteiger charge is 2.21. The molecule has 0 aliphatic carbocycles. The van der Waals surface area contributed by atoms with Crippen molar-refractivity contribution in [1.29, 1.82) is 0 Å². The number of aromatic nitrogens is 1. The van der Waals surface area contributed by atoms with Crippen LogP contribution in [0, 0.1) is 6.92 Å². The first-order chi connectivity index (χ1) is 15.5. The van der Waals surface area contributed by atoms with Gasteiger partial charge in [0.1, 0.15) is 5.56 Å². The number of rotatable bonds is 7. The molecule has 0 saturated carbocycles. The normalized spacial score (nSPS) is 13.4. The van der Waals surface area contributed by atoms with E-state index in [1.54, 1.807) is 22.6 Å². The van der Waals surface area contributed by atoms with Crippen LogP contribution < -0.4 is 15.8 Å². The highest BCUT2D eigenvalue weighted by molar-refractivity contribution is 5.96. The van der Waals surface area contributed by atoms with Gasteiger partial charge >= 0.3 is 0 Å². The summed E-state index contributed by atoms with van der Waals surface area (Å²) in [5, 5.41) is 2.86. The van der Waals surface area contributed by atoms with Gasteiger partial charge in [0.15, 0.2) is 0 Å². The first-order valence-electron chi connectivity index (χ1n) is 10.9. The predicted octanol–water partition coefficient (Wildman–Crippen LogP) is 3.46. The van der Waals surface area contributed by atoms with Gasteiger partial charge in [0.2, 0.25) is 5.91 Å². The van der Waals surface area contributed by atoms with Gasteiger partial charge in [-0.1, -0.05) is 42.5 Å². The molecule has 4 rings (SSSR count). The smallest absolute Gasteiger partial charge is 0.263 e. The third kappa shape index (κ3) is 4.80. The maximum Gasteiger partial charge on any atom is 0.263 e. The van der Waals surface area contributed by atoms with Crippen molar-refractivity contribution in [2.45, 2.75) is 39.3 Å². The molecule has 164 valence electrons. The van der Waals surface area contributed by atoms with E-state index in [0.717, 1.165) is 36.2 Å². The monoisotopic (exact) mass is 429 g/mol. The molecule has 0 atom stereocenters. The van der Waals surface area contributed by atoms with Crippen molar-refractivity contribution in [2.75, 3.05) is 11.4 Å². The molecule has 1 N–H and O–H groups in total. The van der Waals surface area contributed by atoms with Gasteiger partial charge in [-0.05, 0) is 54.7 Å². The minimum Gasteiger partial charge on any atom is -0.348 e. The Morgan fingerprint density at radius 1 is 0.969 bits per heavy atom. The zero-order valence-electron chi connectivity index (χ0n) is 18.2. The van der Waals surface area contributed by atoms with Gasteiger partial charge in [-0.25, -0.2) is 0 Å². The van der Waals surface area contributed by atoms with Crippen molar-refractivity contribution < 1.29 is 9.59 Å². The van der Waals surface area contributed by atoms with Gasteiger partial charge in [-0.2, -0.15) is 0 Å². The molecule has 1 saturated heterocycles. The first-order valence-corrected chi connectivity index (χ1v) is 10.9. The fourth-order valence-corrected chi connectivity index (χ4v) is 4.00. The topological polar surface area (TPSA) is 71.4 Å². The maximum absolute atomic E-state index is 13.0. The van der Waals surface area contributed by atoms with E-state index < -0.39 is 0 Å². The number of aryl methyl sites for hydroxylation is 3. The number of hydrogen-bond acceptors (Lipinski definition) is 3. The summed E-state index contributed by atoms with van der Waals surface area (Å²) in [5.41, 5.74) is 3.49. The van der Waals surface area contributed by atoms with Crippen LogP contribution in [0.3, 0.4) is 0 Å². The summed E-state index contributed by atoms with van der Waals surface area (Å²) in [6.07, 6.45) is 3.94. The van der Waals surface area contributed by atoms with Crippen LogP contribution in [0.1, 0.15) is 39.9 Å². The summed E-state index contributed by atoms with van der Waals surface area (Å²) < 4.78 is 1.59. The molecular weight excluding hydrogens is 402 g/mol. The molecule has 6 heteroatoms. The molecule has 2 heterocycles. The van der Waals surface area contributed by atoms with Crippen molar-refractivity contribution in [3.05, 3.63) is 99.5 Å². The lowest BCUT2D eigenvalue weighted by molar-refractivity contribution is -0.117. The van der Waals surface area contributed by atoms with Crippen molar-refractivity contribution in [3.63, 3.8) is 0 Å². The third-order valence-electron chi connectivity index (χ3n) is 5.86. The van der Waals surface area contributed by atoms with E-state index in [9.17, 15) is 14.4 Å². The summed E-state index contributed by atoms with van der Waals surface area (Å²) in [5.74, 6) is -0.227. The van der Waals surface area contributed by atoms with Crippen LogP contribution in [0.15, 0.2) is 71.7 Å². The van der Waals surface area contributed by atoms with Gasteiger partial charge in [0.05, 0.1) is 0 Å². The number of anilines is 1. The number of amides is 2. The molecule has 0 radical (unpaired) electrons. The first kappa shape index (κ1) is 21.6. The number of benzene rings is 2. The van der Waals surface area contributed by atoms with E-state index >= 15 is 0 Å². The highest BCUT2D eigenvalue weighted by Crippen LogP contribution is 2.21. The summed E-state index contributed by atoms with van der Waals surface area (Å²) in [6, 6.07) is 19.4. The van der Waals surface area contributed by atoms with Crippen LogP contribution in [0.4, 0.5) is 5.69 Å². The maximum atomic E-state index is 13.0. The largest absolute Gasteiger partial charge is 0.348 e. The lowest BCUT2D eigenvalue weighted by Gasteiger charge is -2.16. The second-order valence-corrected chi connectivity index (χ2v) is 8.11. The number of nitrogens with one attached hydrogen (secondary N) is 1. The van der Waals surface area contributed by atoms with Crippen LogP contribution in [0.5, 0.6) is 0 Å². The van der Waals surface area contributed by atoms with Crippen LogP contribution in [0.25, 0.3) is 0 Å². The number of nitrogens with zero attached hydrogens (tertiary/aromatic N) is 2. The molecule has 0 bridgehead atoms. The Labute approximate surface area is 187 Å². The Balaban J connectivity index is 1.41. The van der Waals surface area contributed by atoms with Gasteiger partial charge < -0.3 is 14.8 Å². The van der Waals surface area contributed by atoms with Crippen LogP contribution >= 0.6 is 0 Å². The minimum absolute atomic E-state index is 0.147. The van der Waals surface area contributed by atoms with Crippen molar-refractivity contribution in [2.24, 2.45) is 0 Å². The molecule has 0 spiro atoms. The molecule has 1 fully saturated rings. The Morgan fingerprint density at radius 3 is 2.41 bits per heavy atom. The second-order valence-electron chi connectivity index (χ2n) is 8.11. The van der Waals surface area contributed by atoms with E-state index in [4.69, 9.17) is 0 Å². The van der Waals surface area contributed by atoms with Crippen molar-refractivity contribution >= 4 is 17.5 Å². The lowest BCUT2D eigenvalue weighted by Crippen LogP contribution is -2.34. The second kappa shape index (κ2) is 9.64. The fourth-order valence-electron chi connectivity index (χ4n) is 4.00. The average molecular weight is 430 g/mol. The molecule has 1 aromatic heterocycles. The quantitative estimate of drug-likeness (QED) is 0.625. The zero-order chi connectivity index (χ0) is 22.5. The Morgan fingerprint density at radius 2 is 1.72 bits per heavy atom. The predicted molar refractivity (Wildman–Crippen MR) is 125 cm³/mol. The van der Waals surface area contributed by atoms with Crippen molar-refractivity contribution in [1.82, 2.24) is 9.88 Å². The molecule has 1 aliphatic rings. The van der Waals surface area contributed by atoms with E-state index in [2.05, 4.69) is 5.32 Å². The molecule has 3 aromatic rings. The Hall–Kier alpha value is -3.67. The molecule has 2 amide bonds. The Bertz CT molecular complexity index is 1170. The van der Waals surface area contributed by atoms with E-state index in [1.165, 1.54) is 0 Å². The molecule has 1 aliphatic heterocycles. The highest BCUT2D eigenvalue weighted by atomic mass is 16.2. The number of hydrogen-bond donors (Lipinski definition) is 1. The molecule has 0 unspecified atom stereocenters. The zero-order valence-corrected chi connectivity index (χ0v) is 18.2.